The minimum atomic E-state index is 0.0308. The fourth-order valence-corrected chi connectivity index (χ4v) is 2.66. The van der Waals surface area contributed by atoms with E-state index in [-0.39, 0.29) is 5.56 Å². The van der Waals surface area contributed by atoms with E-state index in [0.717, 1.165) is 13.1 Å². The highest BCUT2D eigenvalue weighted by molar-refractivity contribution is 5.42. The predicted octanol–water partition coefficient (Wildman–Crippen LogP) is 1.03. The van der Waals surface area contributed by atoms with E-state index >= 15 is 0 Å². The third-order valence-electron chi connectivity index (χ3n) is 3.68. The number of hydrogen-bond acceptors (Lipinski definition) is 3. The van der Waals surface area contributed by atoms with Crippen LogP contribution < -0.4 is 10.9 Å². The fourth-order valence-electron chi connectivity index (χ4n) is 2.66. The molecule has 2 heterocycles. The molecule has 0 spiro atoms. The second-order valence-corrected chi connectivity index (χ2v) is 4.89. The Hall–Kier alpha value is -1.62. The summed E-state index contributed by atoms with van der Waals surface area (Å²) in [5.41, 5.74) is 0.668. The maximum atomic E-state index is 12.1. The van der Waals surface area contributed by atoms with Gasteiger partial charge >= 0.3 is 0 Å². The van der Waals surface area contributed by atoms with E-state index in [1.54, 1.807) is 27.5 Å². The van der Waals surface area contributed by atoms with Crippen molar-refractivity contribution in [1.29, 1.82) is 0 Å². The van der Waals surface area contributed by atoms with Gasteiger partial charge in [-0.1, -0.05) is 12.8 Å². The lowest BCUT2D eigenvalue weighted by Gasteiger charge is -2.12. The Morgan fingerprint density at radius 3 is 3.00 bits per heavy atom. The van der Waals surface area contributed by atoms with Gasteiger partial charge in [0.1, 0.15) is 5.52 Å². The Labute approximate surface area is 105 Å². The van der Waals surface area contributed by atoms with E-state index in [4.69, 9.17) is 0 Å². The first-order valence-electron chi connectivity index (χ1n) is 6.61. The smallest absolute Gasteiger partial charge is 0.276 e. The lowest BCUT2D eigenvalue weighted by Crippen LogP contribution is -2.32. The van der Waals surface area contributed by atoms with Gasteiger partial charge in [0.2, 0.25) is 0 Å². The molecule has 2 aromatic heterocycles. The zero-order valence-electron chi connectivity index (χ0n) is 10.4. The summed E-state index contributed by atoms with van der Waals surface area (Å²) < 4.78 is 3.36. The minimum Gasteiger partial charge on any atom is -0.312 e. The largest absolute Gasteiger partial charge is 0.312 e. The van der Waals surface area contributed by atoms with Gasteiger partial charge in [-0.25, -0.2) is 4.52 Å². The van der Waals surface area contributed by atoms with Gasteiger partial charge in [-0.3, -0.25) is 4.79 Å². The summed E-state index contributed by atoms with van der Waals surface area (Å²) in [6.07, 6.45) is 10.5. The Morgan fingerprint density at radius 1 is 1.33 bits per heavy atom. The summed E-state index contributed by atoms with van der Waals surface area (Å²) in [4.78, 5) is 12.1. The number of fused-ring (bicyclic) bond motifs is 1. The molecule has 0 amide bonds. The van der Waals surface area contributed by atoms with Gasteiger partial charge < -0.3 is 9.88 Å². The summed E-state index contributed by atoms with van der Waals surface area (Å²) in [5.74, 6) is 0. The number of aromatic nitrogens is 3. The minimum absolute atomic E-state index is 0.0308. The number of nitrogens with one attached hydrogen (secondary N) is 1. The molecule has 96 valence electrons. The maximum Gasteiger partial charge on any atom is 0.276 e. The molecule has 0 saturated heterocycles. The lowest BCUT2D eigenvalue weighted by atomic mass is 10.2. The third kappa shape index (κ3) is 2.18. The summed E-state index contributed by atoms with van der Waals surface area (Å²) in [7, 11) is 0. The van der Waals surface area contributed by atoms with Gasteiger partial charge in [0, 0.05) is 31.5 Å². The molecule has 1 aliphatic carbocycles. The van der Waals surface area contributed by atoms with Crippen molar-refractivity contribution < 1.29 is 0 Å². The van der Waals surface area contributed by atoms with Crippen LogP contribution in [0.4, 0.5) is 0 Å². The van der Waals surface area contributed by atoms with Crippen molar-refractivity contribution in [3.8, 4) is 0 Å². The Morgan fingerprint density at radius 2 is 2.17 bits per heavy atom. The quantitative estimate of drug-likeness (QED) is 0.876. The van der Waals surface area contributed by atoms with E-state index in [2.05, 4.69) is 10.4 Å². The topological polar surface area (TPSA) is 51.3 Å². The SMILES string of the molecule is O=c1c2ccnn2ccn1CCNC1CCCC1. The van der Waals surface area contributed by atoms with Crippen LogP contribution in [0.25, 0.3) is 5.52 Å². The predicted molar refractivity (Wildman–Crippen MR) is 69.7 cm³/mol. The molecule has 2 aromatic rings. The van der Waals surface area contributed by atoms with E-state index < -0.39 is 0 Å². The molecule has 0 atom stereocenters. The van der Waals surface area contributed by atoms with Gasteiger partial charge in [-0.2, -0.15) is 5.10 Å². The lowest BCUT2D eigenvalue weighted by molar-refractivity contribution is 0.492. The van der Waals surface area contributed by atoms with Crippen LogP contribution in [0.1, 0.15) is 25.7 Å². The molecule has 1 N–H and O–H groups in total. The molecule has 0 aromatic carbocycles. The standard InChI is InChI=1S/C13H18N4O/c18-13-12-5-6-15-17(12)10-9-16(13)8-7-14-11-3-1-2-4-11/h5-6,9-11,14H,1-4,7-8H2. The number of hydrogen-bond donors (Lipinski definition) is 1. The number of rotatable bonds is 4. The second-order valence-electron chi connectivity index (χ2n) is 4.89. The summed E-state index contributed by atoms with van der Waals surface area (Å²) in [5, 5.41) is 7.57. The zero-order chi connectivity index (χ0) is 12.4. The molecule has 5 nitrogen and oxygen atoms in total. The van der Waals surface area contributed by atoms with Crippen LogP contribution in [0.3, 0.4) is 0 Å². The van der Waals surface area contributed by atoms with Crippen LogP contribution in [0, 0.1) is 0 Å². The van der Waals surface area contributed by atoms with Crippen LogP contribution in [-0.4, -0.2) is 26.8 Å². The molecule has 0 radical (unpaired) electrons. The van der Waals surface area contributed by atoms with Crippen molar-refractivity contribution in [2.45, 2.75) is 38.3 Å². The summed E-state index contributed by atoms with van der Waals surface area (Å²) >= 11 is 0. The Balaban J connectivity index is 1.66. The van der Waals surface area contributed by atoms with Gasteiger partial charge in [-0.05, 0) is 18.9 Å². The molecule has 3 rings (SSSR count). The molecule has 1 aliphatic rings. The molecule has 18 heavy (non-hydrogen) atoms. The number of nitrogens with zero attached hydrogens (tertiary/aromatic N) is 3. The monoisotopic (exact) mass is 246 g/mol. The molecule has 5 heteroatoms. The molecule has 0 aliphatic heterocycles. The average Bonchev–Trinajstić information content (AvgIpc) is 3.02. The van der Waals surface area contributed by atoms with Crippen LogP contribution in [0.2, 0.25) is 0 Å². The van der Waals surface area contributed by atoms with Gasteiger partial charge in [0.15, 0.2) is 0 Å². The molecule has 1 fully saturated rings. The molecular weight excluding hydrogens is 228 g/mol. The van der Waals surface area contributed by atoms with Crippen molar-refractivity contribution >= 4 is 5.52 Å². The first-order valence-corrected chi connectivity index (χ1v) is 6.61. The van der Waals surface area contributed by atoms with Crippen molar-refractivity contribution in [2.75, 3.05) is 6.54 Å². The van der Waals surface area contributed by atoms with Crippen molar-refractivity contribution in [3.63, 3.8) is 0 Å². The fraction of sp³-hybridized carbons (Fsp3) is 0.538. The van der Waals surface area contributed by atoms with Crippen molar-refractivity contribution in [1.82, 2.24) is 19.5 Å². The first-order chi connectivity index (χ1) is 8.84. The second kappa shape index (κ2) is 4.94. The van der Waals surface area contributed by atoms with Crippen LogP contribution in [0.5, 0.6) is 0 Å². The van der Waals surface area contributed by atoms with Gasteiger partial charge in [0.05, 0.1) is 6.20 Å². The van der Waals surface area contributed by atoms with E-state index in [9.17, 15) is 4.79 Å². The highest BCUT2D eigenvalue weighted by atomic mass is 16.1. The van der Waals surface area contributed by atoms with E-state index in [1.165, 1.54) is 25.7 Å². The first kappa shape index (κ1) is 11.5. The normalized spacial score (nSPS) is 16.7. The van der Waals surface area contributed by atoms with Crippen LogP contribution in [0.15, 0.2) is 29.5 Å². The van der Waals surface area contributed by atoms with E-state index in [1.807, 2.05) is 6.20 Å². The molecule has 0 unspecified atom stereocenters. The van der Waals surface area contributed by atoms with E-state index in [0.29, 0.717) is 11.6 Å². The van der Waals surface area contributed by atoms with Crippen molar-refractivity contribution in [2.24, 2.45) is 0 Å². The maximum absolute atomic E-state index is 12.1. The third-order valence-corrected chi connectivity index (χ3v) is 3.68. The average molecular weight is 246 g/mol. The van der Waals surface area contributed by atoms with Crippen molar-refractivity contribution in [3.05, 3.63) is 35.0 Å². The summed E-state index contributed by atoms with van der Waals surface area (Å²) in [6.45, 7) is 1.58. The molecular formula is C13H18N4O. The highest BCUT2D eigenvalue weighted by Crippen LogP contribution is 2.17. The molecule has 0 bridgehead atoms. The van der Waals surface area contributed by atoms with Gasteiger partial charge in [0.25, 0.3) is 5.56 Å². The Bertz CT molecular complexity index is 580. The summed E-state index contributed by atoms with van der Waals surface area (Å²) in [6, 6.07) is 2.41. The zero-order valence-corrected chi connectivity index (χ0v) is 10.4. The highest BCUT2D eigenvalue weighted by Gasteiger charge is 2.13. The van der Waals surface area contributed by atoms with Crippen LogP contribution >= 0.6 is 0 Å². The van der Waals surface area contributed by atoms with Gasteiger partial charge in [-0.15, -0.1) is 0 Å². The molecule has 1 saturated carbocycles. The Kier molecular flexibility index (Phi) is 3.15. The van der Waals surface area contributed by atoms with Crippen LogP contribution in [-0.2, 0) is 6.54 Å².